The molecule has 0 unspecified atom stereocenters. The lowest BCUT2D eigenvalue weighted by atomic mass is 9.85. The lowest BCUT2D eigenvalue weighted by Gasteiger charge is -2.20. The first-order chi connectivity index (χ1) is 10.8. The Morgan fingerprint density at radius 2 is 1.86 bits per heavy atom. The molecule has 4 nitrogen and oxygen atoms in total. The molecule has 1 N–H and O–H groups in total. The van der Waals surface area contributed by atoms with E-state index >= 15 is 0 Å². The molecule has 0 bridgehead atoms. The van der Waals surface area contributed by atoms with Crippen LogP contribution >= 0.6 is 0 Å². The van der Waals surface area contributed by atoms with Crippen molar-refractivity contribution in [3.05, 3.63) is 58.5 Å². The molecule has 1 aliphatic rings. The largest absolute Gasteiger partial charge is 0.297 e. The third-order valence-electron chi connectivity index (χ3n) is 4.64. The number of benzene rings is 1. The fourth-order valence-electron chi connectivity index (χ4n) is 3.47. The van der Waals surface area contributed by atoms with Gasteiger partial charge in [0.05, 0.1) is 5.69 Å². The van der Waals surface area contributed by atoms with E-state index in [1.54, 1.807) is 10.6 Å². The second-order valence-corrected chi connectivity index (χ2v) is 6.07. The number of aromatic amines is 1. The summed E-state index contributed by atoms with van der Waals surface area (Å²) < 4.78 is 1.57. The van der Waals surface area contributed by atoms with Gasteiger partial charge < -0.3 is 0 Å². The van der Waals surface area contributed by atoms with E-state index in [0.29, 0.717) is 5.92 Å². The van der Waals surface area contributed by atoms with Gasteiger partial charge in [0, 0.05) is 23.4 Å². The van der Waals surface area contributed by atoms with Crippen LogP contribution < -0.4 is 5.56 Å². The van der Waals surface area contributed by atoms with E-state index in [2.05, 4.69) is 5.10 Å². The molecule has 1 fully saturated rings. The zero-order valence-electron chi connectivity index (χ0n) is 12.5. The van der Waals surface area contributed by atoms with Gasteiger partial charge in [0.1, 0.15) is 0 Å². The minimum Gasteiger partial charge on any atom is -0.297 e. The molecule has 0 saturated heterocycles. The summed E-state index contributed by atoms with van der Waals surface area (Å²) in [7, 11) is 0. The highest BCUT2D eigenvalue weighted by Gasteiger charge is 2.20. The van der Waals surface area contributed by atoms with Gasteiger partial charge in [-0.3, -0.25) is 9.89 Å². The third-order valence-corrected chi connectivity index (χ3v) is 4.64. The third kappa shape index (κ3) is 2.25. The molecule has 0 amide bonds. The van der Waals surface area contributed by atoms with Crippen molar-refractivity contribution in [2.45, 2.75) is 38.0 Å². The minimum absolute atomic E-state index is 0.0501. The molecule has 2 heterocycles. The van der Waals surface area contributed by atoms with Crippen LogP contribution in [0.3, 0.4) is 0 Å². The number of nitrogens with zero attached hydrogens (tertiary/aromatic N) is 2. The summed E-state index contributed by atoms with van der Waals surface area (Å²) in [5.74, 6) is 0.521. The first-order valence-corrected chi connectivity index (χ1v) is 7.99. The average molecular weight is 293 g/mol. The van der Waals surface area contributed by atoms with Crippen molar-refractivity contribution >= 4 is 5.65 Å². The van der Waals surface area contributed by atoms with E-state index < -0.39 is 0 Å². The van der Waals surface area contributed by atoms with E-state index in [1.807, 2.05) is 36.5 Å². The SMILES string of the molecule is O=c1cc(-c2ccccc2)nc2c(C3CCCCC3)c[nH]n12. The van der Waals surface area contributed by atoms with Gasteiger partial charge in [-0.1, -0.05) is 49.6 Å². The normalized spacial score (nSPS) is 16.2. The van der Waals surface area contributed by atoms with Crippen LogP contribution in [0.5, 0.6) is 0 Å². The molecule has 1 saturated carbocycles. The van der Waals surface area contributed by atoms with Crippen molar-refractivity contribution in [3.63, 3.8) is 0 Å². The molecule has 3 aromatic rings. The van der Waals surface area contributed by atoms with Crippen molar-refractivity contribution in [2.24, 2.45) is 0 Å². The zero-order chi connectivity index (χ0) is 14.9. The quantitative estimate of drug-likeness (QED) is 0.782. The van der Waals surface area contributed by atoms with Gasteiger partial charge in [-0.2, -0.15) is 0 Å². The van der Waals surface area contributed by atoms with Crippen molar-refractivity contribution in [3.8, 4) is 11.3 Å². The summed E-state index contributed by atoms with van der Waals surface area (Å²) in [5, 5.41) is 3.07. The van der Waals surface area contributed by atoms with Gasteiger partial charge in [-0.05, 0) is 18.8 Å². The lowest BCUT2D eigenvalue weighted by molar-refractivity contribution is 0.445. The van der Waals surface area contributed by atoms with Crippen LogP contribution in [-0.4, -0.2) is 14.6 Å². The van der Waals surface area contributed by atoms with Gasteiger partial charge >= 0.3 is 0 Å². The Kier molecular flexibility index (Phi) is 3.29. The second kappa shape index (κ2) is 5.44. The first kappa shape index (κ1) is 13.3. The topological polar surface area (TPSA) is 50.2 Å². The Morgan fingerprint density at radius 1 is 1.09 bits per heavy atom. The smallest absolute Gasteiger partial charge is 0.273 e. The number of aromatic nitrogens is 3. The van der Waals surface area contributed by atoms with E-state index in [-0.39, 0.29) is 5.56 Å². The number of hydrogen-bond donors (Lipinski definition) is 1. The summed E-state index contributed by atoms with van der Waals surface area (Å²) in [6, 6.07) is 11.5. The maximum Gasteiger partial charge on any atom is 0.273 e. The summed E-state index contributed by atoms with van der Waals surface area (Å²) >= 11 is 0. The summed E-state index contributed by atoms with van der Waals surface area (Å²) in [6.07, 6.45) is 8.21. The van der Waals surface area contributed by atoms with Gasteiger partial charge in [0.25, 0.3) is 5.56 Å². The van der Waals surface area contributed by atoms with E-state index in [4.69, 9.17) is 4.98 Å². The van der Waals surface area contributed by atoms with Crippen LogP contribution in [0.2, 0.25) is 0 Å². The van der Waals surface area contributed by atoms with Crippen LogP contribution in [0.1, 0.15) is 43.6 Å². The molecule has 0 aliphatic heterocycles. The first-order valence-electron chi connectivity index (χ1n) is 7.99. The number of hydrogen-bond acceptors (Lipinski definition) is 2. The zero-order valence-corrected chi connectivity index (χ0v) is 12.5. The number of rotatable bonds is 2. The highest BCUT2D eigenvalue weighted by atomic mass is 16.1. The monoisotopic (exact) mass is 293 g/mol. The van der Waals surface area contributed by atoms with Gasteiger partial charge in [-0.15, -0.1) is 0 Å². The molecule has 1 aromatic carbocycles. The van der Waals surface area contributed by atoms with Crippen LogP contribution in [0, 0.1) is 0 Å². The Morgan fingerprint density at radius 3 is 2.64 bits per heavy atom. The standard InChI is InChI=1S/C18H19N3O/c22-17-11-16(14-9-5-2-6-10-14)20-18-15(12-19-21(17)18)13-7-3-1-4-8-13/h2,5-6,9-13,19H,1,3-4,7-8H2. The Labute approximate surface area is 128 Å². The highest BCUT2D eigenvalue weighted by Crippen LogP contribution is 2.34. The molecular weight excluding hydrogens is 274 g/mol. The molecule has 4 heteroatoms. The van der Waals surface area contributed by atoms with Gasteiger partial charge in [0.2, 0.25) is 0 Å². The molecule has 112 valence electrons. The van der Waals surface area contributed by atoms with Crippen molar-refractivity contribution < 1.29 is 0 Å². The molecule has 0 spiro atoms. The van der Waals surface area contributed by atoms with Crippen LogP contribution in [0.15, 0.2) is 47.4 Å². The van der Waals surface area contributed by atoms with Crippen molar-refractivity contribution in [1.29, 1.82) is 0 Å². The minimum atomic E-state index is -0.0501. The maximum absolute atomic E-state index is 12.4. The molecule has 1 aliphatic carbocycles. The fraction of sp³-hybridized carbons (Fsp3) is 0.333. The number of fused-ring (bicyclic) bond motifs is 1. The van der Waals surface area contributed by atoms with E-state index in [1.165, 1.54) is 37.7 Å². The maximum atomic E-state index is 12.4. The van der Waals surface area contributed by atoms with Gasteiger partial charge in [-0.25, -0.2) is 9.50 Å². The van der Waals surface area contributed by atoms with Crippen LogP contribution in [-0.2, 0) is 0 Å². The Bertz CT molecular complexity index is 842. The molecule has 0 radical (unpaired) electrons. The predicted octanol–water partition coefficient (Wildman–Crippen LogP) is 3.74. The Hall–Kier alpha value is -2.36. The van der Waals surface area contributed by atoms with Crippen molar-refractivity contribution in [1.82, 2.24) is 14.6 Å². The number of H-pyrrole nitrogens is 1. The Balaban J connectivity index is 1.86. The second-order valence-electron chi connectivity index (χ2n) is 6.07. The molecule has 4 rings (SSSR count). The number of nitrogens with one attached hydrogen (secondary N) is 1. The van der Waals surface area contributed by atoms with Crippen molar-refractivity contribution in [2.75, 3.05) is 0 Å². The summed E-state index contributed by atoms with van der Waals surface area (Å²) in [4.78, 5) is 17.1. The summed E-state index contributed by atoms with van der Waals surface area (Å²) in [5.41, 5.74) is 3.67. The molecular formula is C18H19N3O. The predicted molar refractivity (Wildman–Crippen MR) is 87.1 cm³/mol. The molecule has 22 heavy (non-hydrogen) atoms. The van der Waals surface area contributed by atoms with Crippen LogP contribution in [0.25, 0.3) is 16.9 Å². The lowest BCUT2D eigenvalue weighted by Crippen LogP contribution is -2.15. The summed E-state index contributed by atoms with van der Waals surface area (Å²) in [6.45, 7) is 0. The average Bonchev–Trinajstić information content (AvgIpc) is 3.01. The van der Waals surface area contributed by atoms with E-state index in [9.17, 15) is 4.79 Å². The fourth-order valence-corrected chi connectivity index (χ4v) is 3.47. The molecule has 2 aromatic heterocycles. The van der Waals surface area contributed by atoms with E-state index in [0.717, 1.165) is 16.9 Å². The highest BCUT2D eigenvalue weighted by molar-refractivity contribution is 5.62. The van der Waals surface area contributed by atoms with Crippen LogP contribution in [0.4, 0.5) is 0 Å². The molecule has 0 atom stereocenters. The van der Waals surface area contributed by atoms with Gasteiger partial charge in [0.15, 0.2) is 5.65 Å².